The van der Waals surface area contributed by atoms with Gasteiger partial charge < -0.3 is 9.47 Å². The van der Waals surface area contributed by atoms with Crippen LogP contribution >= 0.6 is 0 Å². The van der Waals surface area contributed by atoms with E-state index in [1.165, 1.54) is 55.2 Å². The van der Waals surface area contributed by atoms with Crippen molar-refractivity contribution in [3.8, 4) is 11.1 Å². The van der Waals surface area contributed by atoms with Gasteiger partial charge in [-0.3, -0.25) is 0 Å². The third-order valence-corrected chi connectivity index (χ3v) is 6.95. The zero-order valence-corrected chi connectivity index (χ0v) is 18.3. The second-order valence-corrected chi connectivity index (χ2v) is 9.38. The van der Waals surface area contributed by atoms with E-state index < -0.39 is 5.79 Å². The Morgan fingerprint density at radius 1 is 0.828 bits per heavy atom. The van der Waals surface area contributed by atoms with Crippen molar-refractivity contribution in [2.24, 2.45) is 11.8 Å². The van der Waals surface area contributed by atoms with Crippen molar-refractivity contribution in [3.63, 3.8) is 0 Å². The first-order valence-electron chi connectivity index (χ1n) is 11.6. The van der Waals surface area contributed by atoms with Gasteiger partial charge in [0.1, 0.15) is 0 Å². The summed E-state index contributed by atoms with van der Waals surface area (Å²) < 4.78 is 12.0. The van der Waals surface area contributed by atoms with Crippen molar-refractivity contribution in [3.05, 3.63) is 59.7 Å². The highest BCUT2D eigenvalue weighted by atomic mass is 16.7. The molecule has 0 radical (unpaired) electrons. The monoisotopic (exact) mass is 392 g/mol. The van der Waals surface area contributed by atoms with Crippen molar-refractivity contribution < 1.29 is 9.47 Å². The highest BCUT2D eigenvalue weighted by Crippen LogP contribution is 2.38. The molecule has 0 aromatic heterocycles. The minimum Gasteiger partial charge on any atom is -0.346 e. The summed E-state index contributed by atoms with van der Waals surface area (Å²) >= 11 is 0. The van der Waals surface area contributed by atoms with Gasteiger partial charge in [0.05, 0.1) is 13.2 Å². The summed E-state index contributed by atoms with van der Waals surface area (Å²) in [4.78, 5) is 0. The number of ether oxygens (including phenoxy) is 2. The average Bonchev–Trinajstić information content (AvgIpc) is 2.77. The fourth-order valence-corrected chi connectivity index (χ4v) is 4.96. The fraction of sp³-hybridized carbons (Fsp3) is 0.556. The van der Waals surface area contributed by atoms with E-state index in [1.54, 1.807) is 0 Å². The molecule has 1 aliphatic heterocycles. The topological polar surface area (TPSA) is 18.5 Å². The van der Waals surface area contributed by atoms with Crippen molar-refractivity contribution in [2.75, 3.05) is 13.2 Å². The van der Waals surface area contributed by atoms with E-state index in [0.717, 1.165) is 30.6 Å². The highest BCUT2D eigenvalue weighted by Gasteiger charge is 2.33. The first-order valence-corrected chi connectivity index (χ1v) is 11.6. The van der Waals surface area contributed by atoms with Crippen LogP contribution in [0.15, 0.2) is 48.5 Å². The molecule has 2 aromatic rings. The van der Waals surface area contributed by atoms with Crippen LogP contribution in [0.5, 0.6) is 0 Å². The van der Waals surface area contributed by atoms with Crippen LogP contribution in [-0.4, -0.2) is 13.2 Å². The molecular weight excluding hydrogens is 356 g/mol. The predicted octanol–water partition coefficient (Wildman–Crippen LogP) is 7.28. The van der Waals surface area contributed by atoms with E-state index in [9.17, 15) is 0 Å². The first kappa shape index (κ1) is 20.6. The Hall–Kier alpha value is -1.64. The van der Waals surface area contributed by atoms with Gasteiger partial charge in [-0.15, -0.1) is 0 Å². The van der Waals surface area contributed by atoms with Gasteiger partial charge in [-0.05, 0) is 61.1 Å². The number of hydrogen-bond acceptors (Lipinski definition) is 2. The van der Waals surface area contributed by atoms with Crippen LogP contribution in [0.25, 0.3) is 11.1 Å². The molecule has 1 saturated carbocycles. The molecule has 0 N–H and O–H groups in total. The molecule has 2 aliphatic rings. The molecule has 2 aromatic carbocycles. The zero-order valence-electron chi connectivity index (χ0n) is 18.3. The Labute approximate surface area is 176 Å². The lowest BCUT2D eigenvalue weighted by Gasteiger charge is -2.37. The SMILES string of the molecule is CCC[C@H]1CC[C@H](c2ccc(-c3ccc([C@]4(C)OC[C@@H](C)CO4)cc3)cc2)CC1. The standard InChI is InChI=1S/C27H36O2/c1-4-5-21-6-8-22(9-7-21)23-10-12-24(13-11-23)25-14-16-26(17-15-25)27(3)28-18-20(2)19-29-27/h10-17,20-22H,4-9,18-19H2,1-3H3/t20-,21-,22-,27-. The third-order valence-electron chi connectivity index (χ3n) is 6.95. The normalized spacial score (nSPS) is 30.2. The maximum Gasteiger partial charge on any atom is 0.191 e. The Kier molecular flexibility index (Phi) is 6.41. The second kappa shape index (κ2) is 9.02. The van der Waals surface area contributed by atoms with E-state index in [2.05, 4.69) is 62.4 Å². The van der Waals surface area contributed by atoms with Crippen LogP contribution in [0.3, 0.4) is 0 Å². The van der Waals surface area contributed by atoms with Crippen LogP contribution in [0.2, 0.25) is 0 Å². The molecule has 1 saturated heterocycles. The van der Waals surface area contributed by atoms with Crippen LogP contribution in [0.1, 0.15) is 76.3 Å². The molecule has 0 spiro atoms. The van der Waals surface area contributed by atoms with Gasteiger partial charge in [0.25, 0.3) is 0 Å². The van der Waals surface area contributed by atoms with Gasteiger partial charge in [-0.25, -0.2) is 0 Å². The molecule has 0 bridgehead atoms. The summed E-state index contributed by atoms with van der Waals surface area (Å²) in [7, 11) is 0. The number of rotatable bonds is 5. The average molecular weight is 393 g/mol. The zero-order chi connectivity index (χ0) is 20.3. The van der Waals surface area contributed by atoms with Crippen LogP contribution in [-0.2, 0) is 15.3 Å². The van der Waals surface area contributed by atoms with Crippen molar-refractivity contribution in [1.29, 1.82) is 0 Å². The lowest BCUT2D eigenvalue weighted by atomic mass is 9.77. The van der Waals surface area contributed by atoms with E-state index in [4.69, 9.17) is 9.47 Å². The van der Waals surface area contributed by atoms with Crippen molar-refractivity contribution >= 4 is 0 Å². The smallest absolute Gasteiger partial charge is 0.191 e. The summed E-state index contributed by atoms with van der Waals surface area (Å²) in [5.74, 6) is 1.56. The van der Waals surface area contributed by atoms with Gasteiger partial charge >= 0.3 is 0 Å². The lowest BCUT2D eigenvalue weighted by Crippen LogP contribution is -2.38. The molecule has 1 heterocycles. The summed E-state index contributed by atoms with van der Waals surface area (Å²) in [5, 5.41) is 0. The third kappa shape index (κ3) is 4.75. The summed E-state index contributed by atoms with van der Waals surface area (Å²) in [6.45, 7) is 7.99. The quantitative estimate of drug-likeness (QED) is 0.532. The molecule has 2 fully saturated rings. The summed E-state index contributed by atoms with van der Waals surface area (Å²) in [6.07, 6.45) is 8.27. The molecule has 0 atom stereocenters. The van der Waals surface area contributed by atoms with E-state index >= 15 is 0 Å². The van der Waals surface area contributed by atoms with Gasteiger partial charge in [-0.2, -0.15) is 0 Å². The molecule has 156 valence electrons. The molecule has 1 aliphatic carbocycles. The Balaban J connectivity index is 1.40. The van der Waals surface area contributed by atoms with Gasteiger partial charge in [0, 0.05) is 11.5 Å². The molecular formula is C27H36O2. The van der Waals surface area contributed by atoms with Crippen LogP contribution in [0, 0.1) is 11.8 Å². The van der Waals surface area contributed by atoms with Gasteiger partial charge in [-0.1, -0.05) is 75.2 Å². The maximum absolute atomic E-state index is 5.99. The second-order valence-electron chi connectivity index (χ2n) is 9.38. The van der Waals surface area contributed by atoms with Crippen LogP contribution in [0.4, 0.5) is 0 Å². The largest absolute Gasteiger partial charge is 0.346 e. The number of hydrogen-bond donors (Lipinski definition) is 0. The molecule has 4 rings (SSSR count). The highest BCUT2D eigenvalue weighted by molar-refractivity contribution is 5.64. The van der Waals surface area contributed by atoms with Crippen molar-refractivity contribution in [2.45, 2.75) is 71.0 Å². The molecule has 2 nitrogen and oxygen atoms in total. The lowest BCUT2D eigenvalue weighted by molar-refractivity contribution is -0.279. The Morgan fingerprint density at radius 2 is 1.38 bits per heavy atom. The summed E-state index contributed by atoms with van der Waals surface area (Å²) in [6, 6.07) is 18.0. The van der Waals surface area contributed by atoms with Crippen molar-refractivity contribution in [1.82, 2.24) is 0 Å². The first-order chi connectivity index (χ1) is 14.1. The Morgan fingerprint density at radius 3 is 1.93 bits per heavy atom. The van der Waals surface area contributed by atoms with Crippen LogP contribution < -0.4 is 0 Å². The van der Waals surface area contributed by atoms with Gasteiger partial charge in [0.2, 0.25) is 0 Å². The predicted molar refractivity (Wildman–Crippen MR) is 120 cm³/mol. The van der Waals surface area contributed by atoms with E-state index in [-0.39, 0.29) is 0 Å². The minimum absolute atomic E-state index is 0.461. The number of benzene rings is 2. The van der Waals surface area contributed by atoms with E-state index in [1.807, 2.05) is 6.92 Å². The molecule has 29 heavy (non-hydrogen) atoms. The molecule has 0 unspecified atom stereocenters. The van der Waals surface area contributed by atoms with E-state index in [0.29, 0.717) is 5.92 Å². The molecule has 2 heteroatoms. The maximum atomic E-state index is 5.99. The fourth-order valence-electron chi connectivity index (χ4n) is 4.96. The van der Waals surface area contributed by atoms with Gasteiger partial charge in [0.15, 0.2) is 5.79 Å². The molecule has 0 amide bonds. The summed E-state index contributed by atoms with van der Waals surface area (Å²) in [5.41, 5.74) is 5.14. The minimum atomic E-state index is -0.620. The Bertz CT molecular complexity index is 761.